The topological polar surface area (TPSA) is 84.9 Å². The first-order valence-corrected chi connectivity index (χ1v) is 9.58. The highest BCUT2D eigenvalue weighted by Gasteiger charge is 2.29. The van der Waals surface area contributed by atoms with Gasteiger partial charge in [0, 0.05) is 26.2 Å². The lowest BCUT2D eigenvalue weighted by Gasteiger charge is -2.27. The molecule has 3 rings (SSSR count). The smallest absolute Gasteiger partial charge is 0.249 e. The number of rotatable bonds is 5. The number of carbonyl (C=O) groups is 1. The fourth-order valence-corrected chi connectivity index (χ4v) is 4.54. The molecule has 1 amide bonds. The molecule has 1 unspecified atom stereocenters. The Morgan fingerprint density at radius 3 is 2.67 bits per heavy atom. The Balaban J connectivity index is 1.73. The molecule has 0 bridgehead atoms. The summed E-state index contributed by atoms with van der Waals surface area (Å²) in [6.45, 7) is 2.25. The highest BCUT2D eigenvalue weighted by Crippen LogP contribution is 2.21. The van der Waals surface area contributed by atoms with Crippen molar-refractivity contribution in [2.75, 3.05) is 32.9 Å². The summed E-state index contributed by atoms with van der Waals surface area (Å²) in [4.78, 5) is 12.3. The van der Waals surface area contributed by atoms with Crippen LogP contribution in [-0.2, 0) is 30.8 Å². The second kappa shape index (κ2) is 7.60. The van der Waals surface area contributed by atoms with Crippen LogP contribution in [0.15, 0.2) is 29.2 Å². The van der Waals surface area contributed by atoms with Crippen LogP contribution >= 0.6 is 0 Å². The molecule has 7 nitrogen and oxygen atoms in total. The molecule has 0 radical (unpaired) electrons. The SMILES string of the molecule is O=C(NCc1ccccc1S(=O)(=O)N1CCOCC1)C1CCCO1. The average Bonchev–Trinajstić information content (AvgIpc) is 3.15. The van der Waals surface area contributed by atoms with Crippen LogP contribution in [0, 0.1) is 0 Å². The van der Waals surface area contributed by atoms with Crippen LogP contribution in [0.5, 0.6) is 0 Å². The lowest BCUT2D eigenvalue weighted by molar-refractivity contribution is -0.130. The monoisotopic (exact) mass is 354 g/mol. The molecule has 132 valence electrons. The van der Waals surface area contributed by atoms with Crippen molar-refractivity contribution >= 4 is 15.9 Å². The Hall–Kier alpha value is -1.48. The molecule has 0 saturated carbocycles. The highest BCUT2D eigenvalue weighted by molar-refractivity contribution is 7.89. The van der Waals surface area contributed by atoms with Crippen molar-refractivity contribution in [2.24, 2.45) is 0 Å². The van der Waals surface area contributed by atoms with Crippen LogP contribution < -0.4 is 5.32 Å². The van der Waals surface area contributed by atoms with Gasteiger partial charge in [0.1, 0.15) is 6.10 Å². The van der Waals surface area contributed by atoms with Gasteiger partial charge in [-0.15, -0.1) is 0 Å². The van der Waals surface area contributed by atoms with E-state index in [1.54, 1.807) is 24.3 Å². The van der Waals surface area contributed by atoms with Crippen molar-refractivity contribution in [3.05, 3.63) is 29.8 Å². The highest BCUT2D eigenvalue weighted by atomic mass is 32.2. The van der Waals surface area contributed by atoms with Crippen molar-refractivity contribution < 1.29 is 22.7 Å². The fourth-order valence-electron chi connectivity index (χ4n) is 2.91. The molecule has 2 aliphatic rings. The van der Waals surface area contributed by atoms with E-state index in [4.69, 9.17) is 9.47 Å². The summed E-state index contributed by atoms with van der Waals surface area (Å²) in [5.74, 6) is -0.189. The second-order valence-corrected chi connectivity index (χ2v) is 7.75. The zero-order chi connectivity index (χ0) is 17.0. The summed E-state index contributed by atoms with van der Waals surface area (Å²) < 4.78 is 37.7. The number of hydrogen-bond acceptors (Lipinski definition) is 5. The van der Waals surface area contributed by atoms with Gasteiger partial charge in [-0.05, 0) is 24.5 Å². The number of nitrogens with one attached hydrogen (secondary N) is 1. The van der Waals surface area contributed by atoms with Gasteiger partial charge in [-0.2, -0.15) is 4.31 Å². The molecular weight excluding hydrogens is 332 g/mol. The van der Waals surface area contributed by atoms with Gasteiger partial charge in [-0.1, -0.05) is 18.2 Å². The van der Waals surface area contributed by atoms with Gasteiger partial charge in [0.15, 0.2) is 0 Å². The van der Waals surface area contributed by atoms with Crippen molar-refractivity contribution in [1.82, 2.24) is 9.62 Å². The van der Waals surface area contributed by atoms with Gasteiger partial charge >= 0.3 is 0 Å². The van der Waals surface area contributed by atoms with E-state index in [9.17, 15) is 13.2 Å². The zero-order valence-corrected chi connectivity index (χ0v) is 14.3. The molecule has 24 heavy (non-hydrogen) atoms. The van der Waals surface area contributed by atoms with Crippen LogP contribution in [0.2, 0.25) is 0 Å². The van der Waals surface area contributed by atoms with Gasteiger partial charge < -0.3 is 14.8 Å². The number of nitrogens with zero attached hydrogens (tertiary/aromatic N) is 1. The number of ether oxygens (including phenoxy) is 2. The van der Waals surface area contributed by atoms with E-state index < -0.39 is 16.1 Å². The third-order valence-corrected chi connectivity index (χ3v) is 6.23. The Bertz CT molecular complexity index is 679. The van der Waals surface area contributed by atoms with E-state index >= 15 is 0 Å². The standard InChI is InChI=1S/C16H22N2O5S/c19-16(14-5-3-9-23-14)17-12-13-4-1-2-6-15(13)24(20,21)18-7-10-22-11-8-18/h1-2,4,6,14H,3,5,7-12H2,(H,17,19). The van der Waals surface area contributed by atoms with Crippen LogP contribution in [-0.4, -0.2) is 57.6 Å². The number of morpholine rings is 1. The summed E-state index contributed by atoms with van der Waals surface area (Å²) in [5.41, 5.74) is 0.579. The Morgan fingerprint density at radius 1 is 1.21 bits per heavy atom. The van der Waals surface area contributed by atoms with E-state index in [2.05, 4.69) is 5.32 Å². The van der Waals surface area contributed by atoms with Crippen LogP contribution in [0.3, 0.4) is 0 Å². The van der Waals surface area contributed by atoms with Crippen molar-refractivity contribution in [2.45, 2.75) is 30.4 Å². The molecule has 2 fully saturated rings. The van der Waals surface area contributed by atoms with Crippen LogP contribution in [0.25, 0.3) is 0 Å². The zero-order valence-electron chi connectivity index (χ0n) is 13.4. The first-order valence-electron chi connectivity index (χ1n) is 8.14. The van der Waals surface area contributed by atoms with Gasteiger partial charge in [-0.3, -0.25) is 4.79 Å². The second-order valence-electron chi connectivity index (χ2n) is 5.84. The maximum absolute atomic E-state index is 12.8. The Morgan fingerprint density at radius 2 is 1.96 bits per heavy atom. The summed E-state index contributed by atoms with van der Waals surface area (Å²) in [6, 6.07) is 6.77. The molecule has 8 heteroatoms. The molecule has 0 aromatic heterocycles. The lowest BCUT2D eigenvalue weighted by atomic mass is 10.2. The quantitative estimate of drug-likeness (QED) is 0.832. The third-order valence-electron chi connectivity index (χ3n) is 4.24. The minimum Gasteiger partial charge on any atom is -0.379 e. The molecule has 1 N–H and O–H groups in total. The minimum absolute atomic E-state index is 0.165. The van der Waals surface area contributed by atoms with E-state index in [0.29, 0.717) is 44.9 Å². The number of hydrogen-bond donors (Lipinski definition) is 1. The summed E-state index contributed by atoms with van der Waals surface area (Å²) >= 11 is 0. The molecular formula is C16H22N2O5S. The van der Waals surface area contributed by atoms with Crippen LogP contribution in [0.4, 0.5) is 0 Å². The van der Waals surface area contributed by atoms with E-state index in [1.807, 2.05) is 0 Å². The Labute approximate surface area is 142 Å². The summed E-state index contributed by atoms with van der Waals surface area (Å²) in [5, 5.41) is 2.78. The summed E-state index contributed by atoms with van der Waals surface area (Å²) in [7, 11) is -3.59. The van der Waals surface area contributed by atoms with E-state index in [-0.39, 0.29) is 17.3 Å². The molecule has 0 aliphatic carbocycles. The van der Waals surface area contributed by atoms with Gasteiger partial charge in [-0.25, -0.2) is 8.42 Å². The molecule has 1 atom stereocenters. The van der Waals surface area contributed by atoms with Crippen molar-refractivity contribution in [1.29, 1.82) is 0 Å². The van der Waals surface area contributed by atoms with E-state index in [0.717, 1.165) is 6.42 Å². The maximum atomic E-state index is 12.8. The average molecular weight is 354 g/mol. The first kappa shape index (κ1) is 17.3. The number of carbonyl (C=O) groups excluding carboxylic acids is 1. The number of amides is 1. The Kier molecular flexibility index (Phi) is 5.50. The molecule has 2 aliphatic heterocycles. The largest absolute Gasteiger partial charge is 0.379 e. The minimum atomic E-state index is -3.59. The number of benzene rings is 1. The normalized spacial score (nSPS) is 22.4. The van der Waals surface area contributed by atoms with E-state index in [1.165, 1.54) is 4.31 Å². The van der Waals surface area contributed by atoms with Gasteiger partial charge in [0.25, 0.3) is 0 Å². The van der Waals surface area contributed by atoms with Crippen molar-refractivity contribution in [3.63, 3.8) is 0 Å². The maximum Gasteiger partial charge on any atom is 0.249 e. The molecule has 1 aromatic rings. The molecule has 1 aromatic carbocycles. The predicted molar refractivity (Wildman–Crippen MR) is 86.8 cm³/mol. The lowest BCUT2D eigenvalue weighted by Crippen LogP contribution is -2.41. The molecule has 2 heterocycles. The molecule has 0 spiro atoms. The summed E-state index contributed by atoms with van der Waals surface area (Å²) in [6.07, 6.45) is 1.16. The van der Waals surface area contributed by atoms with Crippen molar-refractivity contribution in [3.8, 4) is 0 Å². The van der Waals surface area contributed by atoms with Gasteiger partial charge in [0.2, 0.25) is 15.9 Å². The van der Waals surface area contributed by atoms with Gasteiger partial charge in [0.05, 0.1) is 18.1 Å². The first-order chi connectivity index (χ1) is 11.6. The molecule has 2 saturated heterocycles. The predicted octanol–water partition coefficient (Wildman–Crippen LogP) is 0.503. The fraction of sp³-hybridized carbons (Fsp3) is 0.562. The van der Waals surface area contributed by atoms with Crippen LogP contribution in [0.1, 0.15) is 18.4 Å². The number of sulfonamides is 1. The third kappa shape index (κ3) is 3.77.